The number of amides is 1. The second-order valence-electron chi connectivity index (χ2n) is 4.98. The first kappa shape index (κ1) is 18.6. The first-order chi connectivity index (χ1) is 11.9. The van der Waals surface area contributed by atoms with Crippen molar-refractivity contribution in [3.05, 3.63) is 24.0 Å². The number of thioether (sulfide) groups is 1. The van der Waals surface area contributed by atoms with E-state index in [2.05, 4.69) is 20.3 Å². The Morgan fingerprint density at radius 2 is 1.80 bits per heavy atom. The van der Waals surface area contributed by atoms with Crippen molar-refractivity contribution in [3.63, 3.8) is 0 Å². The zero-order valence-electron chi connectivity index (χ0n) is 14.1. The molecular weight excluding hydrogens is 344 g/mol. The van der Waals surface area contributed by atoms with Crippen LogP contribution >= 0.6 is 11.8 Å². The van der Waals surface area contributed by atoms with E-state index in [0.29, 0.717) is 28.8 Å². The summed E-state index contributed by atoms with van der Waals surface area (Å²) in [6.45, 7) is 1.79. The van der Waals surface area contributed by atoms with Gasteiger partial charge in [0, 0.05) is 11.8 Å². The number of anilines is 3. The highest BCUT2D eigenvalue weighted by Crippen LogP contribution is 2.30. The topological polar surface area (TPSA) is 138 Å². The van der Waals surface area contributed by atoms with Crippen LogP contribution in [-0.2, 0) is 10.5 Å². The van der Waals surface area contributed by atoms with Gasteiger partial charge in [-0.15, -0.1) is 11.8 Å². The SMILES string of the molecule is COc1ccc(NC(=O)C(C)SCc2nc(N)nc(N)n2)cc1OC. The molecular formula is C15H20N6O3S. The quantitative estimate of drug-likeness (QED) is 0.663. The second-order valence-corrected chi connectivity index (χ2v) is 6.31. The molecule has 1 unspecified atom stereocenters. The number of carbonyl (C=O) groups excluding carboxylic acids is 1. The minimum absolute atomic E-state index is 0.0607. The van der Waals surface area contributed by atoms with Crippen LogP contribution in [0.3, 0.4) is 0 Å². The Morgan fingerprint density at radius 1 is 1.16 bits per heavy atom. The monoisotopic (exact) mass is 364 g/mol. The third-order valence-electron chi connectivity index (χ3n) is 3.20. The van der Waals surface area contributed by atoms with Crippen LogP contribution in [0.15, 0.2) is 18.2 Å². The van der Waals surface area contributed by atoms with Gasteiger partial charge in [0.25, 0.3) is 0 Å². The van der Waals surface area contributed by atoms with Crippen molar-refractivity contribution in [2.24, 2.45) is 0 Å². The fourth-order valence-electron chi connectivity index (χ4n) is 1.95. The number of hydrogen-bond acceptors (Lipinski definition) is 9. The van der Waals surface area contributed by atoms with Gasteiger partial charge in [-0.05, 0) is 19.1 Å². The molecule has 1 aromatic carbocycles. The summed E-state index contributed by atoms with van der Waals surface area (Å²) >= 11 is 1.36. The normalized spacial score (nSPS) is 11.6. The number of nitrogen functional groups attached to an aromatic ring is 2. The smallest absolute Gasteiger partial charge is 0.237 e. The van der Waals surface area contributed by atoms with Crippen LogP contribution < -0.4 is 26.3 Å². The van der Waals surface area contributed by atoms with Gasteiger partial charge in [0.05, 0.1) is 25.2 Å². The predicted octanol–water partition coefficient (Wildman–Crippen LogP) is 1.31. The lowest BCUT2D eigenvalue weighted by Crippen LogP contribution is -2.22. The number of nitrogens with zero attached hydrogens (tertiary/aromatic N) is 3. The van der Waals surface area contributed by atoms with Gasteiger partial charge >= 0.3 is 0 Å². The summed E-state index contributed by atoms with van der Waals surface area (Å²) in [4.78, 5) is 24.0. The lowest BCUT2D eigenvalue weighted by molar-refractivity contribution is -0.115. The third-order valence-corrected chi connectivity index (χ3v) is 4.34. The number of hydrogen-bond donors (Lipinski definition) is 3. The van der Waals surface area contributed by atoms with Crippen LogP contribution in [0.25, 0.3) is 0 Å². The number of benzene rings is 1. The fourth-order valence-corrected chi connectivity index (χ4v) is 2.69. The first-order valence-electron chi connectivity index (χ1n) is 7.33. The second kappa shape index (κ2) is 8.38. The summed E-state index contributed by atoms with van der Waals surface area (Å²) in [6, 6.07) is 5.16. The number of nitrogens with two attached hydrogens (primary N) is 2. The molecule has 1 heterocycles. The Bertz CT molecular complexity index is 738. The molecule has 0 spiro atoms. The molecule has 0 aliphatic rings. The largest absolute Gasteiger partial charge is 0.493 e. The zero-order chi connectivity index (χ0) is 18.4. The Hall–Kier alpha value is -2.75. The average Bonchev–Trinajstić information content (AvgIpc) is 2.58. The highest BCUT2D eigenvalue weighted by molar-refractivity contribution is 7.99. The van der Waals surface area contributed by atoms with Crippen molar-refractivity contribution < 1.29 is 14.3 Å². The summed E-state index contributed by atoms with van der Waals surface area (Å²) in [7, 11) is 3.09. The minimum Gasteiger partial charge on any atom is -0.493 e. The standard InChI is InChI=1S/C15H20N6O3S/c1-8(25-7-12-19-14(16)21-15(17)20-12)13(22)18-9-4-5-10(23-2)11(6-9)24-3/h4-6,8H,7H2,1-3H3,(H,18,22)(H4,16,17,19,20,21). The number of rotatable bonds is 7. The predicted molar refractivity (Wildman–Crippen MR) is 97.6 cm³/mol. The van der Waals surface area contributed by atoms with E-state index in [9.17, 15) is 4.79 Å². The molecule has 10 heteroatoms. The van der Waals surface area contributed by atoms with E-state index in [-0.39, 0.29) is 23.1 Å². The first-order valence-corrected chi connectivity index (χ1v) is 8.38. The van der Waals surface area contributed by atoms with E-state index in [0.717, 1.165) is 0 Å². The van der Waals surface area contributed by atoms with Gasteiger partial charge < -0.3 is 26.3 Å². The summed E-state index contributed by atoms with van der Waals surface area (Å²) < 4.78 is 10.4. The Balaban J connectivity index is 1.96. The van der Waals surface area contributed by atoms with E-state index in [1.807, 2.05) is 0 Å². The molecule has 0 aliphatic carbocycles. The molecule has 0 aliphatic heterocycles. The van der Waals surface area contributed by atoms with E-state index < -0.39 is 0 Å². The van der Waals surface area contributed by atoms with Crippen LogP contribution in [0.4, 0.5) is 17.6 Å². The van der Waals surface area contributed by atoms with E-state index in [4.69, 9.17) is 20.9 Å². The third kappa shape index (κ3) is 5.11. The molecule has 0 radical (unpaired) electrons. The number of ether oxygens (including phenoxy) is 2. The lowest BCUT2D eigenvalue weighted by atomic mass is 10.2. The van der Waals surface area contributed by atoms with Crippen molar-refractivity contribution in [2.75, 3.05) is 31.0 Å². The Kier molecular flexibility index (Phi) is 6.23. The number of nitrogens with one attached hydrogen (secondary N) is 1. The molecule has 0 saturated heterocycles. The van der Waals surface area contributed by atoms with Crippen LogP contribution in [-0.4, -0.2) is 40.3 Å². The van der Waals surface area contributed by atoms with Crippen LogP contribution in [0.1, 0.15) is 12.7 Å². The van der Waals surface area contributed by atoms with Gasteiger partial charge in [0.1, 0.15) is 5.82 Å². The maximum Gasteiger partial charge on any atom is 0.237 e. The van der Waals surface area contributed by atoms with Gasteiger partial charge in [-0.25, -0.2) is 0 Å². The van der Waals surface area contributed by atoms with Crippen LogP contribution in [0.2, 0.25) is 0 Å². The zero-order valence-corrected chi connectivity index (χ0v) is 15.0. The highest BCUT2D eigenvalue weighted by atomic mass is 32.2. The summed E-state index contributed by atoms with van der Waals surface area (Å²) in [5, 5.41) is 2.49. The van der Waals surface area contributed by atoms with Crippen molar-refractivity contribution in [1.29, 1.82) is 0 Å². The van der Waals surface area contributed by atoms with E-state index >= 15 is 0 Å². The Morgan fingerprint density at radius 3 is 2.40 bits per heavy atom. The van der Waals surface area contributed by atoms with Crippen LogP contribution in [0, 0.1) is 0 Å². The average molecular weight is 364 g/mol. The maximum absolute atomic E-state index is 12.3. The minimum atomic E-state index is -0.340. The molecule has 9 nitrogen and oxygen atoms in total. The van der Waals surface area contributed by atoms with Gasteiger partial charge in [-0.2, -0.15) is 15.0 Å². The molecule has 1 atom stereocenters. The molecule has 1 aromatic heterocycles. The van der Waals surface area contributed by atoms with Crippen molar-refractivity contribution in [1.82, 2.24) is 15.0 Å². The number of methoxy groups -OCH3 is 2. The van der Waals surface area contributed by atoms with Gasteiger partial charge in [-0.3, -0.25) is 4.79 Å². The maximum atomic E-state index is 12.3. The van der Waals surface area contributed by atoms with Crippen molar-refractivity contribution in [2.45, 2.75) is 17.9 Å². The molecule has 0 fully saturated rings. The fraction of sp³-hybridized carbons (Fsp3) is 0.333. The molecule has 1 amide bonds. The van der Waals surface area contributed by atoms with Crippen molar-refractivity contribution >= 4 is 35.3 Å². The molecule has 2 aromatic rings. The van der Waals surface area contributed by atoms with E-state index in [1.54, 1.807) is 32.2 Å². The summed E-state index contributed by atoms with van der Waals surface area (Å²) in [6.07, 6.45) is 0. The number of carbonyl (C=O) groups is 1. The molecule has 2 rings (SSSR count). The number of aromatic nitrogens is 3. The molecule has 0 bridgehead atoms. The van der Waals surface area contributed by atoms with Gasteiger partial charge in [0.15, 0.2) is 11.5 Å². The molecule has 134 valence electrons. The van der Waals surface area contributed by atoms with Gasteiger partial charge in [-0.1, -0.05) is 0 Å². The Labute approximate surface area is 149 Å². The highest BCUT2D eigenvalue weighted by Gasteiger charge is 2.16. The van der Waals surface area contributed by atoms with Crippen LogP contribution in [0.5, 0.6) is 11.5 Å². The summed E-state index contributed by atoms with van der Waals surface area (Å²) in [5.41, 5.74) is 11.7. The lowest BCUT2D eigenvalue weighted by Gasteiger charge is -2.13. The van der Waals surface area contributed by atoms with E-state index in [1.165, 1.54) is 18.9 Å². The molecule has 0 saturated carbocycles. The molecule has 25 heavy (non-hydrogen) atoms. The molecule has 5 N–H and O–H groups in total. The van der Waals surface area contributed by atoms with Crippen molar-refractivity contribution in [3.8, 4) is 11.5 Å². The summed E-state index contributed by atoms with van der Waals surface area (Å²) in [5.74, 6) is 1.91. The van der Waals surface area contributed by atoms with Gasteiger partial charge in [0.2, 0.25) is 17.8 Å².